The van der Waals surface area contributed by atoms with E-state index in [1.165, 1.54) is 19.1 Å². The second-order valence-electron chi connectivity index (χ2n) is 8.00. The predicted octanol–water partition coefficient (Wildman–Crippen LogP) is 3.94. The van der Waals surface area contributed by atoms with Crippen molar-refractivity contribution in [2.45, 2.75) is 38.0 Å². The van der Waals surface area contributed by atoms with E-state index in [1.807, 2.05) is 0 Å². The average Bonchev–Trinajstić information content (AvgIpc) is 2.72. The number of aryl methyl sites for hydroxylation is 1. The summed E-state index contributed by atoms with van der Waals surface area (Å²) in [7, 11) is 0. The summed E-state index contributed by atoms with van der Waals surface area (Å²) in [4.78, 5) is 25.4. The van der Waals surface area contributed by atoms with Crippen LogP contribution in [0.3, 0.4) is 0 Å². The van der Waals surface area contributed by atoms with Gasteiger partial charge in [0, 0.05) is 17.8 Å². The van der Waals surface area contributed by atoms with Crippen LogP contribution in [-0.4, -0.2) is 46.7 Å². The Balaban J connectivity index is 1.85. The number of amides is 2. The van der Waals surface area contributed by atoms with Crippen LogP contribution >= 0.6 is 0 Å². The lowest BCUT2D eigenvalue weighted by Crippen LogP contribution is -2.56. The molecule has 0 saturated carbocycles. The van der Waals surface area contributed by atoms with E-state index in [4.69, 9.17) is 0 Å². The molecule has 0 aromatic heterocycles. The van der Waals surface area contributed by atoms with E-state index in [1.54, 1.807) is 0 Å². The zero-order chi connectivity index (χ0) is 23.8. The van der Waals surface area contributed by atoms with Crippen molar-refractivity contribution in [1.29, 1.82) is 0 Å². The summed E-state index contributed by atoms with van der Waals surface area (Å²) in [6.07, 6.45) is -1.67. The Kier molecular flexibility index (Phi) is 6.28. The van der Waals surface area contributed by atoms with Crippen molar-refractivity contribution in [3.05, 3.63) is 64.7 Å². The van der Waals surface area contributed by atoms with Crippen molar-refractivity contribution in [2.75, 3.05) is 18.4 Å². The average molecular weight is 456 g/mol. The monoisotopic (exact) mass is 456 g/mol. The molecule has 172 valence electrons. The van der Waals surface area contributed by atoms with E-state index >= 15 is 0 Å². The highest BCUT2D eigenvalue weighted by Gasteiger charge is 2.50. The number of piperidine rings is 1. The van der Waals surface area contributed by atoms with Gasteiger partial charge >= 0.3 is 5.92 Å². The number of nitrogens with zero attached hydrogens (tertiary/aromatic N) is 1. The number of anilines is 1. The molecule has 1 saturated heterocycles. The van der Waals surface area contributed by atoms with Crippen LogP contribution in [0.1, 0.15) is 34.8 Å². The molecule has 1 aliphatic rings. The third-order valence-electron chi connectivity index (χ3n) is 5.41. The SMILES string of the molecule is Cc1cc(NC(=O)c2ccc(F)c(C(F)(F)C(=O)N3CCC(O)C(C)(F)C3)c2)ccc1F. The smallest absolute Gasteiger partial charge is 0.352 e. The number of hydrogen-bond acceptors (Lipinski definition) is 3. The fourth-order valence-corrected chi connectivity index (χ4v) is 3.46. The number of alkyl halides is 3. The van der Waals surface area contributed by atoms with Gasteiger partial charge < -0.3 is 15.3 Å². The first-order valence-electron chi connectivity index (χ1n) is 9.74. The Morgan fingerprint density at radius 2 is 1.81 bits per heavy atom. The Morgan fingerprint density at radius 3 is 2.44 bits per heavy atom. The summed E-state index contributed by atoms with van der Waals surface area (Å²) in [5.74, 6) is -9.01. The molecule has 0 radical (unpaired) electrons. The first-order valence-corrected chi connectivity index (χ1v) is 9.74. The number of benzene rings is 2. The minimum atomic E-state index is -4.38. The molecule has 1 heterocycles. The van der Waals surface area contributed by atoms with Crippen molar-refractivity contribution in [1.82, 2.24) is 4.90 Å². The summed E-state index contributed by atoms with van der Waals surface area (Å²) < 4.78 is 71.8. The van der Waals surface area contributed by atoms with Gasteiger partial charge in [-0.25, -0.2) is 13.2 Å². The number of carbonyl (C=O) groups excluding carboxylic acids is 2. The molecule has 3 rings (SSSR count). The van der Waals surface area contributed by atoms with Crippen LogP contribution < -0.4 is 5.32 Å². The normalized spacial score (nSPS) is 21.4. The number of likely N-dealkylation sites (tertiary alicyclic amines) is 1. The molecule has 2 amide bonds. The number of aliphatic hydroxyl groups is 1. The Bertz CT molecular complexity index is 1060. The topological polar surface area (TPSA) is 69.6 Å². The van der Waals surface area contributed by atoms with Gasteiger partial charge in [-0.2, -0.15) is 8.78 Å². The van der Waals surface area contributed by atoms with E-state index in [0.29, 0.717) is 17.0 Å². The highest BCUT2D eigenvalue weighted by molar-refractivity contribution is 6.04. The molecule has 1 aliphatic heterocycles. The maximum atomic E-state index is 14.9. The Labute approximate surface area is 180 Å². The van der Waals surface area contributed by atoms with E-state index in [2.05, 4.69) is 5.32 Å². The van der Waals surface area contributed by atoms with Crippen molar-refractivity contribution in [3.63, 3.8) is 0 Å². The van der Waals surface area contributed by atoms with Crippen molar-refractivity contribution >= 4 is 17.5 Å². The molecule has 0 aliphatic carbocycles. The van der Waals surface area contributed by atoms with Gasteiger partial charge in [0.2, 0.25) is 0 Å². The Morgan fingerprint density at radius 1 is 1.16 bits per heavy atom. The maximum Gasteiger partial charge on any atom is 0.352 e. The molecular weight excluding hydrogens is 435 g/mol. The van der Waals surface area contributed by atoms with E-state index < -0.39 is 53.3 Å². The summed E-state index contributed by atoms with van der Waals surface area (Å²) >= 11 is 0. The zero-order valence-corrected chi connectivity index (χ0v) is 17.3. The first-order chi connectivity index (χ1) is 14.8. The number of halogens is 5. The van der Waals surface area contributed by atoms with Crippen LogP contribution in [0, 0.1) is 18.6 Å². The van der Waals surface area contributed by atoms with Gasteiger partial charge in [0.15, 0.2) is 5.67 Å². The lowest BCUT2D eigenvalue weighted by atomic mass is 9.92. The second kappa shape index (κ2) is 8.50. The highest BCUT2D eigenvalue weighted by Crippen LogP contribution is 2.35. The van der Waals surface area contributed by atoms with Crippen LogP contribution in [0.2, 0.25) is 0 Å². The number of aliphatic hydroxyl groups excluding tert-OH is 1. The lowest BCUT2D eigenvalue weighted by Gasteiger charge is -2.39. The van der Waals surface area contributed by atoms with E-state index in [9.17, 15) is 36.6 Å². The Hall–Kier alpha value is -3.01. The fraction of sp³-hybridized carbons (Fsp3) is 0.364. The van der Waals surface area contributed by atoms with Gasteiger partial charge in [-0.1, -0.05) is 0 Å². The third-order valence-corrected chi connectivity index (χ3v) is 5.41. The zero-order valence-electron chi connectivity index (χ0n) is 17.3. The minimum absolute atomic E-state index is 0.191. The van der Waals surface area contributed by atoms with Crippen molar-refractivity contribution in [2.24, 2.45) is 0 Å². The number of hydrogen-bond donors (Lipinski definition) is 2. The third kappa shape index (κ3) is 4.59. The fourth-order valence-electron chi connectivity index (χ4n) is 3.46. The molecule has 10 heteroatoms. The van der Waals surface area contributed by atoms with Crippen molar-refractivity contribution in [3.8, 4) is 0 Å². The molecule has 2 N–H and O–H groups in total. The van der Waals surface area contributed by atoms with Gasteiger partial charge in [0.1, 0.15) is 11.6 Å². The molecule has 2 atom stereocenters. The van der Waals surface area contributed by atoms with Gasteiger partial charge in [0.25, 0.3) is 11.8 Å². The molecule has 0 spiro atoms. The quantitative estimate of drug-likeness (QED) is 0.685. The van der Waals surface area contributed by atoms with Gasteiger partial charge in [0.05, 0.1) is 18.2 Å². The molecule has 32 heavy (non-hydrogen) atoms. The number of nitrogens with one attached hydrogen (secondary N) is 1. The van der Waals surface area contributed by atoms with Crippen LogP contribution in [0.5, 0.6) is 0 Å². The van der Waals surface area contributed by atoms with Gasteiger partial charge in [-0.05, 0) is 62.2 Å². The summed E-state index contributed by atoms with van der Waals surface area (Å²) in [5, 5.41) is 12.0. The van der Waals surface area contributed by atoms with Crippen LogP contribution in [0.15, 0.2) is 36.4 Å². The highest BCUT2D eigenvalue weighted by atomic mass is 19.3. The summed E-state index contributed by atoms with van der Waals surface area (Å²) in [5.41, 5.74) is -3.56. The predicted molar refractivity (Wildman–Crippen MR) is 106 cm³/mol. The number of rotatable bonds is 4. The van der Waals surface area contributed by atoms with Gasteiger partial charge in [-0.15, -0.1) is 0 Å². The molecule has 2 aromatic rings. The minimum Gasteiger partial charge on any atom is -0.390 e. The van der Waals surface area contributed by atoms with E-state index in [0.717, 1.165) is 19.1 Å². The number of carbonyl (C=O) groups is 2. The van der Waals surface area contributed by atoms with Crippen LogP contribution in [0.25, 0.3) is 0 Å². The van der Waals surface area contributed by atoms with Crippen LogP contribution in [-0.2, 0) is 10.7 Å². The summed E-state index contributed by atoms with van der Waals surface area (Å²) in [6.45, 7) is 1.34. The van der Waals surface area contributed by atoms with Crippen molar-refractivity contribution < 1.29 is 36.6 Å². The molecule has 2 aromatic carbocycles. The standard InChI is InChI=1S/C22H21F5N2O3/c1-12-9-14(4-6-16(12)23)28-19(31)13-3-5-17(24)15(10-13)22(26,27)20(32)29-8-7-18(30)21(2,25)11-29/h3-6,9-10,18,30H,7-8,11H2,1-2H3,(H,28,31). The lowest BCUT2D eigenvalue weighted by molar-refractivity contribution is -0.167. The maximum absolute atomic E-state index is 14.9. The molecule has 5 nitrogen and oxygen atoms in total. The molecule has 1 fully saturated rings. The summed E-state index contributed by atoms with van der Waals surface area (Å²) in [6, 6.07) is 5.84. The molecule has 2 unspecified atom stereocenters. The largest absolute Gasteiger partial charge is 0.390 e. The van der Waals surface area contributed by atoms with E-state index in [-0.39, 0.29) is 29.8 Å². The molecular formula is C22H21F5N2O3. The van der Waals surface area contributed by atoms with Crippen LogP contribution in [0.4, 0.5) is 27.6 Å². The first kappa shape index (κ1) is 23.6. The molecule has 0 bridgehead atoms. The van der Waals surface area contributed by atoms with Gasteiger partial charge in [-0.3, -0.25) is 9.59 Å². The second-order valence-corrected chi connectivity index (χ2v) is 8.00.